The predicted octanol–water partition coefficient (Wildman–Crippen LogP) is 2.15. The summed E-state index contributed by atoms with van der Waals surface area (Å²) >= 11 is 0. The highest BCUT2D eigenvalue weighted by atomic mass is 32.2. The first-order valence-corrected chi connectivity index (χ1v) is 13.3. The van der Waals surface area contributed by atoms with E-state index in [0.717, 1.165) is 0 Å². The van der Waals surface area contributed by atoms with E-state index in [2.05, 4.69) is 20.4 Å². The summed E-state index contributed by atoms with van der Waals surface area (Å²) in [6.45, 7) is 3.00. The molecule has 1 saturated heterocycles. The topological polar surface area (TPSA) is 152 Å². The number of anilines is 1. The van der Waals surface area contributed by atoms with E-state index in [-0.39, 0.29) is 17.9 Å². The first-order chi connectivity index (χ1) is 18.1. The minimum absolute atomic E-state index is 0.0595. The molecule has 204 valence electrons. The number of halogens is 1. The van der Waals surface area contributed by atoms with Gasteiger partial charge in [-0.1, -0.05) is 11.3 Å². The summed E-state index contributed by atoms with van der Waals surface area (Å²) in [5, 5.41) is 43.3. The van der Waals surface area contributed by atoms with Gasteiger partial charge in [0.05, 0.1) is 24.5 Å². The second-order valence-electron chi connectivity index (χ2n) is 8.84. The predicted molar refractivity (Wildman–Crippen MR) is 139 cm³/mol. The monoisotopic (exact) mass is 547 g/mol. The quantitative estimate of drug-likeness (QED) is 0.285. The third-order valence-corrected chi connectivity index (χ3v) is 7.38. The van der Waals surface area contributed by atoms with Crippen LogP contribution in [-0.2, 0) is 15.7 Å². The van der Waals surface area contributed by atoms with Crippen LogP contribution in [0, 0.1) is 5.82 Å². The van der Waals surface area contributed by atoms with Crippen LogP contribution in [0.15, 0.2) is 48.6 Å². The Balaban J connectivity index is 1.62. The molecule has 1 aromatic carbocycles. The van der Waals surface area contributed by atoms with Crippen LogP contribution in [0.3, 0.4) is 0 Å². The maximum atomic E-state index is 14.7. The molecule has 1 aliphatic heterocycles. The molecule has 14 heteroatoms. The fraction of sp³-hybridized carbons (Fsp3) is 0.417. The summed E-state index contributed by atoms with van der Waals surface area (Å²) in [4.78, 5) is 4.32. The van der Waals surface area contributed by atoms with Crippen LogP contribution < -0.4 is 4.31 Å². The fourth-order valence-corrected chi connectivity index (χ4v) is 4.69. The van der Waals surface area contributed by atoms with Gasteiger partial charge in [0.2, 0.25) is 0 Å². The van der Waals surface area contributed by atoms with Crippen molar-refractivity contribution < 1.29 is 28.7 Å². The highest BCUT2D eigenvalue weighted by Crippen LogP contribution is 2.38. The van der Waals surface area contributed by atoms with E-state index in [1.54, 1.807) is 26.1 Å². The molecule has 1 aliphatic rings. The van der Waals surface area contributed by atoms with Crippen molar-refractivity contribution in [3.8, 4) is 11.3 Å². The Hall–Kier alpha value is -3.46. The molecule has 3 heterocycles. The van der Waals surface area contributed by atoms with Gasteiger partial charge in [0, 0.05) is 37.1 Å². The zero-order valence-electron chi connectivity index (χ0n) is 21.3. The summed E-state index contributed by atoms with van der Waals surface area (Å²) in [5.41, 5.74) is 1.60. The lowest BCUT2D eigenvalue weighted by molar-refractivity contribution is -0.161. The van der Waals surface area contributed by atoms with Crippen molar-refractivity contribution in [2.75, 3.05) is 24.2 Å². The van der Waals surface area contributed by atoms with E-state index in [4.69, 9.17) is 4.74 Å². The largest absolute Gasteiger partial charge is 0.508 e. The van der Waals surface area contributed by atoms with Crippen LogP contribution in [-0.4, -0.2) is 81.4 Å². The summed E-state index contributed by atoms with van der Waals surface area (Å²) in [5.74, 6) is -0.0781. The molecule has 4 rings (SSSR count). The van der Waals surface area contributed by atoms with Crippen LogP contribution in [0.2, 0.25) is 0 Å². The van der Waals surface area contributed by atoms with E-state index < -0.39 is 47.8 Å². The molecule has 2 aromatic heterocycles. The van der Waals surface area contributed by atoms with Crippen molar-refractivity contribution in [1.82, 2.24) is 29.8 Å². The number of aromatic nitrogens is 6. The van der Waals surface area contributed by atoms with Gasteiger partial charge in [-0.2, -0.15) is 5.10 Å². The number of aliphatic hydroxyl groups is 3. The Bertz CT molecular complexity index is 1370. The van der Waals surface area contributed by atoms with E-state index in [1.165, 1.54) is 57.6 Å². The molecular formula is C24H30FN7O5S. The number of hydrogen-bond acceptors (Lipinski definition) is 9. The Morgan fingerprint density at radius 2 is 2.16 bits per heavy atom. The molecule has 38 heavy (non-hydrogen) atoms. The lowest BCUT2D eigenvalue weighted by atomic mass is 9.95. The van der Waals surface area contributed by atoms with Crippen LogP contribution in [0.5, 0.6) is 0 Å². The zero-order chi connectivity index (χ0) is 27.6. The van der Waals surface area contributed by atoms with Crippen LogP contribution in [0.4, 0.5) is 10.1 Å². The third kappa shape index (κ3) is 5.53. The van der Waals surface area contributed by atoms with Gasteiger partial charge in [0.25, 0.3) is 0 Å². The Labute approximate surface area is 221 Å². The minimum atomic E-state index is -1.38. The molecule has 0 amide bonds. The van der Waals surface area contributed by atoms with E-state index in [1.807, 2.05) is 0 Å². The van der Waals surface area contributed by atoms with Gasteiger partial charge in [-0.15, -0.1) is 5.10 Å². The van der Waals surface area contributed by atoms with Crippen molar-refractivity contribution >= 4 is 22.4 Å². The molecule has 3 N–H and O–H groups in total. The average Bonchev–Trinajstić information content (AvgIpc) is 3.59. The van der Waals surface area contributed by atoms with E-state index >= 15 is 0 Å². The minimum Gasteiger partial charge on any atom is -0.508 e. The van der Waals surface area contributed by atoms with E-state index in [0.29, 0.717) is 22.8 Å². The Morgan fingerprint density at radius 3 is 2.82 bits per heavy atom. The van der Waals surface area contributed by atoms with Crippen molar-refractivity contribution in [3.05, 3.63) is 60.3 Å². The van der Waals surface area contributed by atoms with Gasteiger partial charge in [-0.05, 0) is 32.1 Å². The maximum absolute atomic E-state index is 14.7. The molecule has 0 bridgehead atoms. The Morgan fingerprint density at radius 1 is 1.39 bits per heavy atom. The van der Waals surface area contributed by atoms with Crippen LogP contribution >= 0.6 is 0 Å². The van der Waals surface area contributed by atoms with Crippen molar-refractivity contribution in [2.45, 2.75) is 44.6 Å². The van der Waals surface area contributed by atoms with Crippen molar-refractivity contribution in [2.24, 2.45) is 0 Å². The first-order valence-electron chi connectivity index (χ1n) is 11.8. The van der Waals surface area contributed by atoms with Gasteiger partial charge in [0.15, 0.2) is 5.82 Å². The number of benzene rings is 1. The zero-order valence-corrected chi connectivity index (χ0v) is 22.2. The fourth-order valence-electron chi connectivity index (χ4n) is 4.27. The molecule has 12 nitrogen and oxygen atoms in total. The summed E-state index contributed by atoms with van der Waals surface area (Å²) in [6, 6.07) is 3.79. The normalized spacial score (nSPS) is 23.4. The highest BCUT2D eigenvalue weighted by Gasteiger charge is 2.41. The standard InChI is InChI=1S/C24H30FN7O5S/c1-5-16(34)8-14(2)32-24(26-13-27-32)21-10-20(23(35)22(12-33)37-21)31-11-18(28-29-31)15-6-7-19(17(25)9-15)30(3)38(4)36/h5-9,11,13,20-23,33-35H,10,12H2,1-4H3/b14-8+,16-5-. The molecule has 3 aromatic rings. The lowest BCUT2D eigenvalue weighted by Gasteiger charge is -2.38. The molecule has 0 saturated carbocycles. The second-order valence-corrected chi connectivity index (χ2v) is 10.2. The number of nitrogens with zero attached hydrogens (tertiary/aromatic N) is 7. The van der Waals surface area contributed by atoms with Gasteiger partial charge in [0.1, 0.15) is 52.9 Å². The number of aliphatic hydroxyl groups excluding tert-OH is 3. The number of allylic oxidation sites excluding steroid dienone is 3. The van der Waals surface area contributed by atoms with E-state index in [9.17, 15) is 23.9 Å². The SMILES string of the molecule is C/C=C(O)/C=C(\C)n1ncnc1C1CC(n2cc(-c3ccc(N(C)S(C)=O)c(F)c3)nn2)C(O)C(CO)O1. The number of rotatable bonds is 8. The molecule has 5 atom stereocenters. The summed E-state index contributed by atoms with van der Waals surface area (Å²) in [7, 11) is 0.150. The highest BCUT2D eigenvalue weighted by molar-refractivity contribution is 7.85. The second kappa shape index (κ2) is 11.5. The third-order valence-electron chi connectivity index (χ3n) is 6.42. The van der Waals surface area contributed by atoms with Gasteiger partial charge in [-0.25, -0.2) is 22.9 Å². The average molecular weight is 548 g/mol. The van der Waals surface area contributed by atoms with Crippen LogP contribution in [0.25, 0.3) is 17.0 Å². The van der Waals surface area contributed by atoms with Crippen LogP contribution in [0.1, 0.15) is 38.2 Å². The maximum Gasteiger partial charge on any atom is 0.160 e. The number of ether oxygens (including phenoxy) is 1. The summed E-state index contributed by atoms with van der Waals surface area (Å²) < 4.78 is 36.7. The molecule has 0 radical (unpaired) electrons. The molecule has 1 fully saturated rings. The smallest absolute Gasteiger partial charge is 0.160 e. The Kier molecular flexibility index (Phi) is 8.35. The van der Waals surface area contributed by atoms with Crippen molar-refractivity contribution in [3.63, 3.8) is 0 Å². The van der Waals surface area contributed by atoms with Gasteiger partial charge in [-0.3, -0.25) is 4.31 Å². The van der Waals surface area contributed by atoms with Gasteiger partial charge < -0.3 is 20.1 Å². The molecule has 0 aliphatic carbocycles. The molecule has 5 unspecified atom stereocenters. The van der Waals surface area contributed by atoms with Crippen molar-refractivity contribution in [1.29, 1.82) is 0 Å². The number of hydrogen-bond donors (Lipinski definition) is 3. The first kappa shape index (κ1) is 27.6. The summed E-state index contributed by atoms with van der Waals surface area (Å²) in [6.07, 6.45) is 4.96. The lowest BCUT2D eigenvalue weighted by Crippen LogP contribution is -2.45. The molecular weight excluding hydrogens is 517 g/mol. The van der Waals surface area contributed by atoms with Gasteiger partial charge >= 0.3 is 0 Å². The molecule has 0 spiro atoms.